The van der Waals surface area contributed by atoms with Crippen LogP contribution < -0.4 is 0 Å². The van der Waals surface area contributed by atoms with Crippen LogP contribution in [0.25, 0.3) is 22.2 Å². The van der Waals surface area contributed by atoms with Gasteiger partial charge in [0.1, 0.15) is 6.10 Å². The summed E-state index contributed by atoms with van der Waals surface area (Å²) in [5.41, 5.74) is 5.26. The molecule has 3 aromatic heterocycles. The first-order valence-electron chi connectivity index (χ1n) is 9.89. The second-order valence-electron chi connectivity index (χ2n) is 7.43. The maximum absolute atomic E-state index is 6.08. The molecule has 1 saturated heterocycles. The summed E-state index contributed by atoms with van der Waals surface area (Å²) < 4.78 is 7.87. The maximum Gasteiger partial charge on any atom is 0.112 e. The van der Waals surface area contributed by atoms with E-state index < -0.39 is 0 Å². The number of hydrogen-bond acceptors (Lipinski definition) is 5. The van der Waals surface area contributed by atoms with Gasteiger partial charge >= 0.3 is 0 Å². The van der Waals surface area contributed by atoms with Crippen LogP contribution in [0.15, 0.2) is 67.1 Å². The van der Waals surface area contributed by atoms with E-state index in [1.165, 1.54) is 10.9 Å². The molecule has 6 nitrogen and oxygen atoms in total. The number of morpholine rings is 1. The third-order valence-corrected chi connectivity index (χ3v) is 5.38. The molecular formula is C23H23N5O. The Kier molecular flexibility index (Phi) is 4.79. The molecule has 1 aliphatic rings. The van der Waals surface area contributed by atoms with Crippen LogP contribution in [0.1, 0.15) is 17.4 Å². The molecule has 1 atom stereocenters. The zero-order chi connectivity index (χ0) is 19.6. The van der Waals surface area contributed by atoms with Gasteiger partial charge in [-0.3, -0.25) is 14.6 Å². The summed E-state index contributed by atoms with van der Waals surface area (Å²) in [5.74, 6) is 0. The molecule has 0 saturated carbocycles. The second-order valence-corrected chi connectivity index (χ2v) is 7.43. The Morgan fingerprint density at radius 1 is 1.10 bits per heavy atom. The monoisotopic (exact) mass is 385 g/mol. The minimum atomic E-state index is -0.0338. The van der Waals surface area contributed by atoms with Crippen molar-refractivity contribution in [3.8, 4) is 11.3 Å². The molecule has 0 N–H and O–H groups in total. The van der Waals surface area contributed by atoms with Crippen LogP contribution in [0.2, 0.25) is 0 Å². The highest BCUT2D eigenvalue weighted by molar-refractivity contribution is 5.81. The molecule has 146 valence electrons. The van der Waals surface area contributed by atoms with Crippen molar-refractivity contribution < 1.29 is 4.74 Å². The van der Waals surface area contributed by atoms with Crippen molar-refractivity contribution in [1.29, 1.82) is 0 Å². The zero-order valence-electron chi connectivity index (χ0n) is 16.4. The van der Waals surface area contributed by atoms with Gasteiger partial charge in [0.05, 0.1) is 29.7 Å². The predicted molar refractivity (Wildman–Crippen MR) is 112 cm³/mol. The van der Waals surface area contributed by atoms with Crippen LogP contribution in [0.5, 0.6) is 0 Å². The molecule has 0 amide bonds. The van der Waals surface area contributed by atoms with Gasteiger partial charge in [-0.15, -0.1) is 0 Å². The van der Waals surface area contributed by atoms with Crippen molar-refractivity contribution in [3.05, 3.63) is 78.4 Å². The van der Waals surface area contributed by atoms with E-state index in [-0.39, 0.29) is 6.10 Å². The number of fused-ring (bicyclic) bond motifs is 1. The van der Waals surface area contributed by atoms with Crippen molar-refractivity contribution in [3.63, 3.8) is 0 Å². The fraction of sp³-hybridized carbons (Fsp3) is 0.261. The summed E-state index contributed by atoms with van der Waals surface area (Å²) in [4.78, 5) is 11.8. The summed E-state index contributed by atoms with van der Waals surface area (Å²) >= 11 is 0. The topological polar surface area (TPSA) is 56.1 Å². The van der Waals surface area contributed by atoms with Crippen LogP contribution in [0.4, 0.5) is 0 Å². The van der Waals surface area contributed by atoms with Crippen LogP contribution in [0.3, 0.4) is 0 Å². The molecule has 0 aliphatic carbocycles. The van der Waals surface area contributed by atoms with Crippen LogP contribution in [-0.4, -0.2) is 44.3 Å². The van der Waals surface area contributed by atoms with Gasteiger partial charge in [-0.05, 0) is 29.8 Å². The average molecular weight is 385 g/mol. The van der Waals surface area contributed by atoms with E-state index in [0.717, 1.165) is 42.1 Å². The van der Waals surface area contributed by atoms with E-state index >= 15 is 0 Å². The van der Waals surface area contributed by atoms with Gasteiger partial charge in [-0.2, -0.15) is 5.10 Å². The molecule has 5 rings (SSSR count). The molecule has 0 bridgehead atoms. The Hall–Kier alpha value is -3.09. The van der Waals surface area contributed by atoms with Gasteiger partial charge < -0.3 is 4.74 Å². The SMILES string of the molecule is Cn1cc(-c2cccc(C3CN(Cc4cccc5ncccc45)CCO3)n2)cn1. The summed E-state index contributed by atoms with van der Waals surface area (Å²) in [6, 6.07) is 16.6. The standard InChI is InChI=1S/C23H23N5O/c1-27-14-18(13-25-27)20-7-3-9-22(26-20)23-16-28(11-12-29-23)15-17-5-2-8-21-19(17)6-4-10-24-21/h2-10,13-14,23H,11-12,15-16H2,1H3. The van der Waals surface area contributed by atoms with Crippen molar-refractivity contribution in [2.75, 3.05) is 19.7 Å². The molecule has 1 aliphatic heterocycles. The second kappa shape index (κ2) is 7.73. The lowest BCUT2D eigenvalue weighted by atomic mass is 10.1. The number of rotatable bonds is 4. The van der Waals surface area contributed by atoms with E-state index in [2.05, 4.69) is 45.3 Å². The van der Waals surface area contributed by atoms with Gasteiger partial charge in [0.2, 0.25) is 0 Å². The summed E-state index contributed by atoms with van der Waals surface area (Å²) in [7, 11) is 1.91. The number of pyridine rings is 2. The molecule has 1 unspecified atom stereocenters. The number of aryl methyl sites for hydroxylation is 1. The van der Waals surface area contributed by atoms with Crippen LogP contribution in [-0.2, 0) is 18.3 Å². The first kappa shape index (κ1) is 18.0. The summed E-state index contributed by atoms with van der Waals surface area (Å²) in [5, 5.41) is 5.47. The van der Waals surface area contributed by atoms with E-state index in [9.17, 15) is 0 Å². The van der Waals surface area contributed by atoms with Crippen LogP contribution >= 0.6 is 0 Å². The van der Waals surface area contributed by atoms with Crippen molar-refractivity contribution >= 4 is 10.9 Å². The number of ether oxygens (including phenoxy) is 1. The fourth-order valence-corrected chi connectivity index (χ4v) is 3.92. The minimum absolute atomic E-state index is 0.0338. The van der Waals surface area contributed by atoms with Crippen molar-refractivity contribution in [1.82, 2.24) is 24.6 Å². The lowest BCUT2D eigenvalue weighted by Gasteiger charge is -2.33. The highest BCUT2D eigenvalue weighted by Gasteiger charge is 2.24. The largest absolute Gasteiger partial charge is 0.369 e. The number of benzene rings is 1. The smallest absolute Gasteiger partial charge is 0.112 e. The average Bonchev–Trinajstić information content (AvgIpc) is 3.21. The Bertz CT molecular complexity index is 1130. The Balaban J connectivity index is 1.36. The number of hydrogen-bond donors (Lipinski definition) is 0. The molecule has 6 heteroatoms. The quantitative estimate of drug-likeness (QED) is 0.537. The van der Waals surface area contributed by atoms with Gasteiger partial charge in [0.25, 0.3) is 0 Å². The molecule has 4 heterocycles. The summed E-state index contributed by atoms with van der Waals surface area (Å²) in [6.07, 6.45) is 5.63. The first-order valence-corrected chi connectivity index (χ1v) is 9.89. The molecular weight excluding hydrogens is 362 g/mol. The Morgan fingerprint density at radius 2 is 2.03 bits per heavy atom. The van der Waals surface area contributed by atoms with Gasteiger partial charge in [-0.25, -0.2) is 4.98 Å². The highest BCUT2D eigenvalue weighted by Crippen LogP contribution is 2.26. The third-order valence-electron chi connectivity index (χ3n) is 5.38. The Morgan fingerprint density at radius 3 is 2.93 bits per heavy atom. The fourth-order valence-electron chi connectivity index (χ4n) is 3.92. The van der Waals surface area contributed by atoms with E-state index in [0.29, 0.717) is 6.61 Å². The van der Waals surface area contributed by atoms with Gasteiger partial charge in [0, 0.05) is 50.0 Å². The van der Waals surface area contributed by atoms with Crippen molar-refractivity contribution in [2.45, 2.75) is 12.6 Å². The third kappa shape index (κ3) is 3.77. The minimum Gasteiger partial charge on any atom is -0.369 e. The molecule has 29 heavy (non-hydrogen) atoms. The molecule has 4 aromatic rings. The lowest BCUT2D eigenvalue weighted by Crippen LogP contribution is -2.38. The lowest BCUT2D eigenvalue weighted by molar-refractivity contribution is -0.0348. The number of aromatic nitrogens is 4. The molecule has 0 radical (unpaired) electrons. The van der Waals surface area contributed by atoms with Gasteiger partial charge in [0.15, 0.2) is 0 Å². The summed E-state index contributed by atoms with van der Waals surface area (Å²) in [6.45, 7) is 3.31. The maximum atomic E-state index is 6.08. The Labute approximate surface area is 169 Å². The van der Waals surface area contributed by atoms with E-state index in [1.807, 2.05) is 43.8 Å². The predicted octanol–water partition coefficient (Wildman–Crippen LogP) is 3.60. The zero-order valence-corrected chi connectivity index (χ0v) is 16.4. The van der Waals surface area contributed by atoms with Crippen LogP contribution in [0, 0.1) is 0 Å². The van der Waals surface area contributed by atoms with E-state index in [4.69, 9.17) is 9.72 Å². The van der Waals surface area contributed by atoms with Crippen molar-refractivity contribution in [2.24, 2.45) is 7.05 Å². The molecule has 0 spiro atoms. The van der Waals surface area contributed by atoms with Gasteiger partial charge in [-0.1, -0.05) is 24.3 Å². The first-order chi connectivity index (χ1) is 14.3. The molecule has 1 aromatic carbocycles. The van der Waals surface area contributed by atoms with E-state index in [1.54, 1.807) is 4.68 Å². The number of nitrogens with zero attached hydrogens (tertiary/aromatic N) is 5. The molecule has 1 fully saturated rings. The highest BCUT2D eigenvalue weighted by atomic mass is 16.5. The normalized spacial score (nSPS) is 17.6.